The van der Waals surface area contributed by atoms with Gasteiger partial charge in [-0.1, -0.05) is 11.6 Å². The van der Waals surface area contributed by atoms with Crippen molar-refractivity contribution in [1.29, 1.82) is 0 Å². The minimum absolute atomic E-state index is 0.249. The van der Waals surface area contributed by atoms with E-state index in [0.717, 1.165) is 0 Å². The lowest BCUT2D eigenvalue weighted by atomic mass is 10.1. The number of ether oxygens (including phenoxy) is 1. The van der Waals surface area contributed by atoms with E-state index in [0.29, 0.717) is 9.90 Å². The summed E-state index contributed by atoms with van der Waals surface area (Å²) in [6, 6.07) is 1.62. The highest BCUT2D eigenvalue weighted by Crippen LogP contribution is 2.30. The van der Waals surface area contributed by atoms with Crippen molar-refractivity contribution in [3.63, 3.8) is 0 Å². The predicted molar refractivity (Wildman–Crippen MR) is 61.5 cm³/mol. The maximum Gasteiger partial charge on any atom is 0.308 e. The van der Waals surface area contributed by atoms with Gasteiger partial charge in [0.1, 0.15) is 6.10 Å². The molecule has 0 spiro atoms. The summed E-state index contributed by atoms with van der Waals surface area (Å²) < 4.78 is 5.08. The van der Waals surface area contributed by atoms with Gasteiger partial charge in [0.2, 0.25) is 0 Å². The minimum Gasteiger partial charge on any atom is -0.466 e. The lowest BCUT2D eigenvalue weighted by molar-refractivity contribution is -0.147. The molecule has 0 saturated carbocycles. The van der Waals surface area contributed by atoms with Gasteiger partial charge >= 0.3 is 5.97 Å². The Morgan fingerprint density at radius 1 is 1.62 bits per heavy atom. The number of hydrogen-bond donors (Lipinski definition) is 2. The first-order chi connectivity index (χ1) is 7.56. The highest BCUT2D eigenvalue weighted by atomic mass is 35.5. The van der Waals surface area contributed by atoms with Crippen molar-refractivity contribution < 1.29 is 19.7 Å². The van der Waals surface area contributed by atoms with Gasteiger partial charge in [0, 0.05) is 5.56 Å². The van der Waals surface area contributed by atoms with Gasteiger partial charge < -0.3 is 14.9 Å². The standard InChI is InChI=1S/C10H13ClO4S/c1-2-15-8(13)5-7(12)9(14)6-3-4-16-10(6)11/h3-4,7,9,12,14H,2,5H2,1H3. The zero-order valence-corrected chi connectivity index (χ0v) is 10.3. The average molecular weight is 265 g/mol. The third-order valence-electron chi connectivity index (χ3n) is 2.01. The number of thiophene rings is 1. The second-order valence-corrected chi connectivity index (χ2v) is 4.69. The van der Waals surface area contributed by atoms with Crippen LogP contribution in [0.5, 0.6) is 0 Å². The Bertz CT molecular complexity index is 352. The van der Waals surface area contributed by atoms with E-state index in [2.05, 4.69) is 4.74 Å². The van der Waals surface area contributed by atoms with E-state index in [-0.39, 0.29) is 13.0 Å². The summed E-state index contributed by atoms with van der Waals surface area (Å²) in [5, 5.41) is 21.1. The van der Waals surface area contributed by atoms with E-state index in [1.54, 1.807) is 18.4 Å². The van der Waals surface area contributed by atoms with Gasteiger partial charge in [-0.05, 0) is 18.4 Å². The summed E-state index contributed by atoms with van der Waals surface area (Å²) in [6.07, 6.45) is -2.62. The fourth-order valence-corrected chi connectivity index (χ4v) is 2.21. The maximum atomic E-state index is 11.1. The van der Waals surface area contributed by atoms with E-state index in [1.807, 2.05) is 0 Å². The molecule has 90 valence electrons. The number of halogens is 1. The lowest BCUT2D eigenvalue weighted by Crippen LogP contribution is -2.23. The summed E-state index contributed by atoms with van der Waals surface area (Å²) in [4.78, 5) is 11.1. The molecule has 16 heavy (non-hydrogen) atoms. The van der Waals surface area contributed by atoms with Gasteiger partial charge in [-0.15, -0.1) is 11.3 Å². The molecule has 1 rings (SSSR count). The van der Waals surface area contributed by atoms with Crippen LogP contribution in [0.25, 0.3) is 0 Å². The maximum absolute atomic E-state index is 11.1. The monoisotopic (exact) mass is 264 g/mol. The smallest absolute Gasteiger partial charge is 0.308 e. The summed E-state index contributed by atoms with van der Waals surface area (Å²) in [6.45, 7) is 1.93. The van der Waals surface area contributed by atoms with Crippen molar-refractivity contribution in [3.8, 4) is 0 Å². The van der Waals surface area contributed by atoms with Crippen LogP contribution in [0.2, 0.25) is 4.34 Å². The lowest BCUT2D eigenvalue weighted by Gasteiger charge is -2.16. The zero-order valence-electron chi connectivity index (χ0n) is 8.72. The molecule has 0 aliphatic carbocycles. The molecule has 0 radical (unpaired) electrons. The van der Waals surface area contributed by atoms with Gasteiger partial charge in [0.05, 0.1) is 23.5 Å². The third kappa shape index (κ3) is 3.45. The first-order valence-electron chi connectivity index (χ1n) is 4.81. The largest absolute Gasteiger partial charge is 0.466 e. The summed E-state index contributed by atoms with van der Waals surface area (Å²) in [7, 11) is 0. The summed E-state index contributed by atoms with van der Waals surface area (Å²) in [5.41, 5.74) is 0.434. The summed E-state index contributed by atoms with van der Waals surface area (Å²) in [5.74, 6) is -0.541. The molecule has 2 N–H and O–H groups in total. The van der Waals surface area contributed by atoms with Gasteiger partial charge in [-0.25, -0.2) is 0 Å². The fourth-order valence-electron chi connectivity index (χ4n) is 1.23. The number of carbonyl (C=O) groups is 1. The Morgan fingerprint density at radius 3 is 2.81 bits per heavy atom. The molecule has 4 nitrogen and oxygen atoms in total. The van der Waals surface area contributed by atoms with Crippen LogP contribution < -0.4 is 0 Å². The minimum atomic E-state index is -1.20. The molecule has 6 heteroatoms. The first kappa shape index (κ1) is 13.4. The Labute approximate surface area is 102 Å². The topological polar surface area (TPSA) is 66.8 Å². The molecule has 0 aliphatic heterocycles. The van der Waals surface area contributed by atoms with Crippen molar-refractivity contribution in [1.82, 2.24) is 0 Å². The van der Waals surface area contributed by atoms with Gasteiger partial charge in [-0.2, -0.15) is 0 Å². The molecule has 1 aromatic rings. The average Bonchev–Trinajstić information content (AvgIpc) is 2.63. The Hall–Kier alpha value is -0.620. The van der Waals surface area contributed by atoms with Crippen molar-refractivity contribution in [2.45, 2.75) is 25.6 Å². The molecule has 1 aromatic heterocycles. The number of carbonyl (C=O) groups excluding carboxylic acids is 1. The van der Waals surface area contributed by atoms with Crippen LogP contribution in [0, 0.1) is 0 Å². The molecular formula is C10H13ClO4S. The zero-order chi connectivity index (χ0) is 12.1. The SMILES string of the molecule is CCOC(=O)CC(O)C(O)c1ccsc1Cl. The first-order valence-corrected chi connectivity index (χ1v) is 6.06. The number of aliphatic hydroxyl groups is 2. The predicted octanol–water partition coefficient (Wildman–Crippen LogP) is 1.75. The highest BCUT2D eigenvalue weighted by Gasteiger charge is 2.24. The molecule has 0 amide bonds. The second-order valence-electron chi connectivity index (χ2n) is 3.17. The van der Waals surface area contributed by atoms with E-state index >= 15 is 0 Å². The number of aliphatic hydroxyl groups excluding tert-OH is 2. The van der Waals surface area contributed by atoms with E-state index in [9.17, 15) is 15.0 Å². The van der Waals surface area contributed by atoms with Crippen molar-refractivity contribution in [3.05, 3.63) is 21.3 Å². The number of hydrogen-bond acceptors (Lipinski definition) is 5. The number of esters is 1. The fraction of sp³-hybridized carbons (Fsp3) is 0.500. The van der Waals surface area contributed by atoms with Crippen LogP contribution in [-0.4, -0.2) is 28.9 Å². The number of rotatable bonds is 5. The third-order valence-corrected chi connectivity index (χ3v) is 3.21. The Morgan fingerprint density at radius 2 is 2.31 bits per heavy atom. The second kappa shape index (κ2) is 6.20. The molecule has 2 atom stereocenters. The van der Waals surface area contributed by atoms with Crippen LogP contribution >= 0.6 is 22.9 Å². The molecule has 0 bridgehead atoms. The van der Waals surface area contributed by atoms with Gasteiger partial charge in [-0.3, -0.25) is 4.79 Å². The van der Waals surface area contributed by atoms with Crippen LogP contribution in [0.4, 0.5) is 0 Å². The molecule has 0 aromatic carbocycles. The van der Waals surface area contributed by atoms with Crippen molar-refractivity contribution in [2.24, 2.45) is 0 Å². The quantitative estimate of drug-likeness (QED) is 0.795. The van der Waals surface area contributed by atoms with Crippen LogP contribution in [0.15, 0.2) is 11.4 Å². The van der Waals surface area contributed by atoms with Gasteiger partial charge in [0.25, 0.3) is 0 Å². The molecule has 0 fully saturated rings. The molecule has 1 heterocycles. The van der Waals surface area contributed by atoms with E-state index in [1.165, 1.54) is 11.3 Å². The van der Waals surface area contributed by atoms with E-state index < -0.39 is 18.2 Å². The molecular weight excluding hydrogens is 252 g/mol. The van der Waals surface area contributed by atoms with Gasteiger partial charge in [0.15, 0.2) is 0 Å². The van der Waals surface area contributed by atoms with Crippen LogP contribution in [0.1, 0.15) is 25.0 Å². The van der Waals surface area contributed by atoms with Crippen molar-refractivity contribution in [2.75, 3.05) is 6.61 Å². The summed E-state index contributed by atoms with van der Waals surface area (Å²) >= 11 is 7.07. The highest BCUT2D eigenvalue weighted by molar-refractivity contribution is 7.14. The normalized spacial score (nSPS) is 14.5. The van der Waals surface area contributed by atoms with E-state index in [4.69, 9.17) is 11.6 Å². The Kier molecular flexibility index (Phi) is 5.21. The Balaban J connectivity index is 2.57. The van der Waals surface area contributed by atoms with Crippen LogP contribution in [0.3, 0.4) is 0 Å². The molecule has 0 aliphatic rings. The molecule has 0 saturated heterocycles. The molecule has 2 unspecified atom stereocenters. The van der Waals surface area contributed by atoms with Crippen LogP contribution in [-0.2, 0) is 9.53 Å². The van der Waals surface area contributed by atoms with Crippen molar-refractivity contribution >= 4 is 28.9 Å².